The van der Waals surface area contributed by atoms with Crippen LogP contribution in [0.2, 0.25) is 0 Å². The van der Waals surface area contributed by atoms with E-state index in [1.54, 1.807) is 0 Å². The third kappa shape index (κ3) is 3.09. The van der Waals surface area contributed by atoms with Crippen molar-refractivity contribution in [3.8, 4) is 5.75 Å². The standard InChI is InChI=1S/C10H10N2O4/c11-10(14)3-1-2-7-4-5-9(13)8(6-7)12(15)16/h1-2,4-6,13H,3H2,(H2,11,14). The summed E-state index contributed by atoms with van der Waals surface area (Å²) in [4.78, 5) is 20.3. The van der Waals surface area contributed by atoms with Gasteiger partial charge in [0.25, 0.3) is 0 Å². The number of nitro benzene ring substituents is 1. The summed E-state index contributed by atoms with van der Waals surface area (Å²) in [5.41, 5.74) is 5.07. The molecular formula is C10H10N2O4. The minimum absolute atomic E-state index is 0.0642. The molecule has 0 bridgehead atoms. The molecule has 0 aliphatic rings. The molecule has 3 N–H and O–H groups in total. The van der Waals surface area contributed by atoms with Crippen LogP contribution in [0.3, 0.4) is 0 Å². The van der Waals surface area contributed by atoms with Crippen molar-refractivity contribution in [2.45, 2.75) is 6.42 Å². The molecular weight excluding hydrogens is 212 g/mol. The summed E-state index contributed by atoms with van der Waals surface area (Å²) in [7, 11) is 0. The van der Waals surface area contributed by atoms with Crippen molar-refractivity contribution < 1.29 is 14.8 Å². The van der Waals surface area contributed by atoms with Gasteiger partial charge >= 0.3 is 5.69 Å². The fourth-order valence-electron chi connectivity index (χ4n) is 1.10. The Labute approximate surface area is 91.2 Å². The Morgan fingerprint density at radius 1 is 1.56 bits per heavy atom. The molecule has 0 aromatic heterocycles. The average Bonchev–Trinajstić information content (AvgIpc) is 2.19. The van der Waals surface area contributed by atoms with E-state index >= 15 is 0 Å². The molecule has 6 nitrogen and oxygen atoms in total. The van der Waals surface area contributed by atoms with Gasteiger partial charge in [-0.2, -0.15) is 0 Å². The predicted octanol–water partition coefficient (Wildman–Crippen LogP) is 1.19. The predicted molar refractivity (Wildman–Crippen MR) is 57.6 cm³/mol. The fourth-order valence-corrected chi connectivity index (χ4v) is 1.10. The number of carbonyl (C=O) groups is 1. The van der Waals surface area contributed by atoms with E-state index in [-0.39, 0.29) is 12.1 Å². The van der Waals surface area contributed by atoms with Crippen molar-refractivity contribution in [3.05, 3.63) is 40.0 Å². The zero-order chi connectivity index (χ0) is 12.1. The van der Waals surface area contributed by atoms with Crippen LogP contribution in [-0.4, -0.2) is 15.9 Å². The zero-order valence-corrected chi connectivity index (χ0v) is 8.29. The summed E-state index contributed by atoms with van der Waals surface area (Å²) >= 11 is 0. The number of primary amides is 1. The largest absolute Gasteiger partial charge is 0.502 e. The van der Waals surface area contributed by atoms with Crippen LogP contribution in [0.1, 0.15) is 12.0 Å². The number of amides is 1. The molecule has 1 amide bonds. The molecule has 0 aliphatic heterocycles. The van der Waals surface area contributed by atoms with Crippen LogP contribution in [0.5, 0.6) is 5.75 Å². The van der Waals surface area contributed by atoms with E-state index in [0.717, 1.165) is 0 Å². The van der Waals surface area contributed by atoms with E-state index in [2.05, 4.69) is 0 Å². The molecule has 1 aromatic carbocycles. The molecule has 0 atom stereocenters. The molecule has 16 heavy (non-hydrogen) atoms. The highest BCUT2D eigenvalue weighted by molar-refractivity contribution is 5.76. The van der Waals surface area contributed by atoms with Gasteiger partial charge in [-0.25, -0.2) is 0 Å². The minimum Gasteiger partial charge on any atom is -0.502 e. The van der Waals surface area contributed by atoms with Crippen molar-refractivity contribution in [1.29, 1.82) is 0 Å². The summed E-state index contributed by atoms with van der Waals surface area (Å²) in [6.07, 6.45) is 3.09. The Morgan fingerprint density at radius 3 is 2.81 bits per heavy atom. The van der Waals surface area contributed by atoms with E-state index in [1.807, 2.05) is 0 Å². The highest BCUT2D eigenvalue weighted by atomic mass is 16.6. The number of phenolic OH excluding ortho intramolecular Hbond substituents is 1. The molecule has 84 valence electrons. The monoisotopic (exact) mass is 222 g/mol. The highest BCUT2D eigenvalue weighted by Crippen LogP contribution is 2.26. The lowest BCUT2D eigenvalue weighted by Gasteiger charge is -1.97. The normalized spacial score (nSPS) is 10.5. The first-order chi connectivity index (χ1) is 7.50. The number of nitro groups is 1. The first kappa shape index (κ1) is 11.7. The van der Waals surface area contributed by atoms with E-state index in [1.165, 1.54) is 30.4 Å². The van der Waals surface area contributed by atoms with Crippen molar-refractivity contribution >= 4 is 17.7 Å². The van der Waals surface area contributed by atoms with Crippen LogP contribution >= 0.6 is 0 Å². The van der Waals surface area contributed by atoms with Crippen LogP contribution in [-0.2, 0) is 4.79 Å². The number of hydrogen-bond acceptors (Lipinski definition) is 4. The van der Waals surface area contributed by atoms with Crippen LogP contribution in [0, 0.1) is 10.1 Å². The lowest BCUT2D eigenvalue weighted by atomic mass is 10.1. The van der Waals surface area contributed by atoms with Crippen molar-refractivity contribution in [2.24, 2.45) is 5.73 Å². The third-order valence-electron chi connectivity index (χ3n) is 1.83. The SMILES string of the molecule is NC(=O)CC=Cc1ccc(O)c([N+](=O)[O-])c1. The molecule has 0 radical (unpaired) electrons. The minimum atomic E-state index is -0.680. The molecule has 1 rings (SSSR count). The Morgan fingerprint density at radius 2 is 2.25 bits per heavy atom. The molecule has 0 aliphatic carbocycles. The van der Waals surface area contributed by atoms with Crippen LogP contribution in [0.25, 0.3) is 6.08 Å². The first-order valence-corrected chi connectivity index (χ1v) is 4.43. The summed E-state index contributed by atoms with van der Waals surface area (Å²) in [5.74, 6) is -0.874. The van der Waals surface area contributed by atoms with Crippen molar-refractivity contribution in [3.63, 3.8) is 0 Å². The van der Waals surface area contributed by atoms with E-state index < -0.39 is 16.6 Å². The van der Waals surface area contributed by atoms with Gasteiger partial charge in [0, 0.05) is 12.5 Å². The van der Waals surface area contributed by atoms with Gasteiger partial charge in [0.05, 0.1) is 4.92 Å². The van der Waals surface area contributed by atoms with Crippen LogP contribution in [0.4, 0.5) is 5.69 Å². The van der Waals surface area contributed by atoms with Gasteiger partial charge in [-0.15, -0.1) is 0 Å². The Kier molecular flexibility index (Phi) is 3.60. The van der Waals surface area contributed by atoms with Gasteiger partial charge in [0.2, 0.25) is 5.91 Å². The van der Waals surface area contributed by atoms with Gasteiger partial charge in [0.15, 0.2) is 5.75 Å². The zero-order valence-electron chi connectivity index (χ0n) is 8.29. The van der Waals surface area contributed by atoms with Gasteiger partial charge in [-0.05, 0) is 11.6 Å². The second-order valence-electron chi connectivity index (χ2n) is 3.08. The van der Waals surface area contributed by atoms with E-state index in [4.69, 9.17) is 5.73 Å². The smallest absolute Gasteiger partial charge is 0.311 e. The maximum Gasteiger partial charge on any atom is 0.311 e. The number of aromatic hydroxyl groups is 1. The van der Waals surface area contributed by atoms with E-state index in [9.17, 15) is 20.0 Å². The fraction of sp³-hybridized carbons (Fsp3) is 0.100. The maximum absolute atomic E-state index is 10.5. The van der Waals surface area contributed by atoms with Crippen LogP contribution < -0.4 is 5.73 Å². The Hall–Kier alpha value is -2.37. The van der Waals surface area contributed by atoms with Gasteiger partial charge in [-0.1, -0.05) is 18.2 Å². The van der Waals surface area contributed by atoms with Gasteiger partial charge in [-0.3, -0.25) is 14.9 Å². The molecule has 6 heteroatoms. The Balaban J connectivity index is 2.91. The topological polar surface area (TPSA) is 106 Å². The highest BCUT2D eigenvalue weighted by Gasteiger charge is 2.12. The summed E-state index contributed by atoms with van der Waals surface area (Å²) < 4.78 is 0. The molecule has 0 unspecified atom stereocenters. The third-order valence-corrected chi connectivity index (χ3v) is 1.83. The van der Waals surface area contributed by atoms with Gasteiger partial charge in [0.1, 0.15) is 0 Å². The van der Waals surface area contributed by atoms with Crippen LogP contribution in [0.15, 0.2) is 24.3 Å². The molecule has 0 spiro atoms. The number of carbonyl (C=O) groups excluding carboxylic acids is 1. The van der Waals surface area contributed by atoms with E-state index in [0.29, 0.717) is 5.56 Å². The number of benzene rings is 1. The number of rotatable bonds is 4. The summed E-state index contributed by atoms with van der Waals surface area (Å²) in [6.45, 7) is 0. The lowest BCUT2D eigenvalue weighted by molar-refractivity contribution is -0.385. The second kappa shape index (κ2) is 4.92. The summed E-state index contributed by atoms with van der Waals surface area (Å²) in [6, 6.07) is 3.94. The molecule has 0 fully saturated rings. The average molecular weight is 222 g/mol. The molecule has 1 aromatic rings. The molecule has 0 heterocycles. The number of hydrogen-bond donors (Lipinski definition) is 2. The number of nitrogens with two attached hydrogens (primary N) is 1. The first-order valence-electron chi connectivity index (χ1n) is 4.43. The number of phenols is 1. The number of nitrogens with zero attached hydrogens (tertiary/aromatic N) is 1. The van der Waals surface area contributed by atoms with Crippen molar-refractivity contribution in [2.75, 3.05) is 0 Å². The second-order valence-corrected chi connectivity index (χ2v) is 3.08. The molecule has 0 saturated heterocycles. The lowest BCUT2D eigenvalue weighted by Crippen LogP contribution is -2.07. The maximum atomic E-state index is 10.5. The van der Waals surface area contributed by atoms with Crippen molar-refractivity contribution in [1.82, 2.24) is 0 Å². The Bertz CT molecular complexity index is 454. The van der Waals surface area contributed by atoms with Gasteiger partial charge < -0.3 is 10.8 Å². The molecule has 0 saturated carbocycles. The summed E-state index contributed by atoms with van der Waals surface area (Å²) in [5, 5.41) is 19.7. The quantitative estimate of drug-likeness (QED) is 0.589.